The number of carbonyl (C=O) groups is 1. The van der Waals surface area contributed by atoms with Crippen LogP contribution in [0.4, 0.5) is 0 Å². The van der Waals surface area contributed by atoms with Crippen LogP contribution in [0.1, 0.15) is 35.5 Å². The number of carbonyl (C=O) groups excluding carboxylic acids is 1. The van der Waals surface area contributed by atoms with Gasteiger partial charge in [0.15, 0.2) is 0 Å². The lowest BCUT2D eigenvalue weighted by atomic mass is 9.78. The first-order chi connectivity index (χ1) is 14.7. The molecule has 0 spiro atoms. The molecule has 9 heteroatoms. The minimum absolute atomic E-state index is 0.0772. The largest absolute Gasteiger partial charge is 0.354 e. The molecule has 5 rings (SSSR count). The lowest BCUT2D eigenvalue weighted by Gasteiger charge is -2.46. The number of amides is 1. The number of nitrogens with zero attached hydrogens (tertiary/aromatic N) is 4. The van der Waals surface area contributed by atoms with Crippen molar-refractivity contribution in [3.8, 4) is 0 Å². The summed E-state index contributed by atoms with van der Waals surface area (Å²) in [7, 11) is 0. The van der Waals surface area contributed by atoms with Gasteiger partial charge in [-0.3, -0.25) is 24.2 Å². The molecule has 2 N–H and O–H groups in total. The summed E-state index contributed by atoms with van der Waals surface area (Å²) in [5, 5.41) is 12.1. The van der Waals surface area contributed by atoms with Crippen molar-refractivity contribution < 1.29 is 4.79 Å². The van der Waals surface area contributed by atoms with E-state index in [4.69, 9.17) is 0 Å². The molecule has 2 bridgehead atoms. The molecule has 8 nitrogen and oxygen atoms in total. The van der Waals surface area contributed by atoms with Crippen LogP contribution in [-0.4, -0.2) is 50.2 Å². The molecule has 3 aromatic heterocycles. The Balaban J connectivity index is 1.38. The molecule has 0 aliphatic carbocycles. The van der Waals surface area contributed by atoms with Crippen molar-refractivity contribution >= 4 is 17.2 Å². The van der Waals surface area contributed by atoms with Crippen LogP contribution >= 0.6 is 11.3 Å². The number of hydrogen-bond acceptors (Lipinski definition) is 6. The molecule has 0 saturated carbocycles. The maximum Gasteiger partial charge on any atom is 0.251 e. The molecule has 3 atom stereocenters. The Bertz CT molecular complexity index is 1060. The molecule has 2 aliphatic rings. The van der Waals surface area contributed by atoms with Crippen LogP contribution < -0.4 is 10.9 Å². The number of likely N-dealkylation sites (tertiary alicyclic amines) is 1. The number of aromatic amines is 1. The number of hydrogen-bond donors (Lipinski definition) is 2. The zero-order chi connectivity index (χ0) is 20.5. The summed E-state index contributed by atoms with van der Waals surface area (Å²) in [6, 6.07) is 6.86. The molecule has 30 heavy (non-hydrogen) atoms. The molecular formula is C21H24N6O2S. The van der Waals surface area contributed by atoms with Crippen LogP contribution in [-0.2, 0) is 17.8 Å². The van der Waals surface area contributed by atoms with Gasteiger partial charge in [0.05, 0.1) is 11.2 Å². The van der Waals surface area contributed by atoms with Gasteiger partial charge in [-0.05, 0) is 18.6 Å². The number of piperidine rings is 1. The van der Waals surface area contributed by atoms with Gasteiger partial charge in [0.1, 0.15) is 6.04 Å². The second-order valence-electron chi connectivity index (χ2n) is 8.09. The maximum absolute atomic E-state index is 13.2. The van der Waals surface area contributed by atoms with Crippen LogP contribution in [0, 0.1) is 5.92 Å². The van der Waals surface area contributed by atoms with Gasteiger partial charge in [0.25, 0.3) is 5.56 Å². The normalized spacial score (nSPS) is 23.1. The summed E-state index contributed by atoms with van der Waals surface area (Å²) in [5.74, 6) is 0.268. The number of fused-ring (bicyclic) bond motifs is 4. The van der Waals surface area contributed by atoms with Gasteiger partial charge in [-0.2, -0.15) is 5.10 Å². The molecule has 5 heterocycles. The number of pyridine rings is 1. The van der Waals surface area contributed by atoms with Crippen molar-refractivity contribution in [3.63, 3.8) is 0 Å². The van der Waals surface area contributed by atoms with Gasteiger partial charge in [-0.1, -0.05) is 6.07 Å². The van der Waals surface area contributed by atoms with E-state index in [1.807, 2.05) is 17.5 Å². The Morgan fingerprint density at radius 3 is 3.03 bits per heavy atom. The average Bonchev–Trinajstić information content (AvgIpc) is 3.43. The van der Waals surface area contributed by atoms with E-state index < -0.39 is 6.04 Å². The van der Waals surface area contributed by atoms with Gasteiger partial charge in [-0.25, -0.2) is 4.98 Å². The molecule has 3 aromatic rings. The quantitative estimate of drug-likeness (QED) is 0.626. The van der Waals surface area contributed by atoms with E-state index in [0.29, 0.717) is 13.0 Å². The second kappa shape index (κ2) is 8.16. The van der Waals surface area contributed by atoms with E-state index in [0.717, 1.165) is 43.1 Å². The molecule has 1 amide bonds. The van der Waals surface area contributed by atoms with E-state index in [1.54, 1.807) is 39.7 Å². The van der Waals surface area contributed by atoms with Crippen LogP contribution in [0.25, 0.3) is 0 Å². The van der Waals surface area contributed by atoms with Crippen molar-refractivity contribution in [1.29, 1.82) is 0 Å². The Hall–Kier alpha value is -2.78. The van der Waals surface area contributed by atoms with Gasteiger partial charge in [-0.15, -0.1) is 11.3 Å². The van der Waals surface area contributed by atoms with Crippen molar-refractivity contribution in [2.75, 3.05) is 19.6 Å². The molecule has 1 fully saturated rings. The van der Waals surface area contributed by atoms with Gasteiger partial charge in [0, 0.05) is 73.5 Å². The van der Waals surface area contributed by atoms with Crippen molar-refractivity contribution in [3.05, 3.63) is 68.8 Å². The first-order valence-electron chi connectivity index (χ1n) is 10.3. The molecule has 2 aliphatic heterocycles. The van der Waals surface area contributed by atoms with E-state index >= 15 is 0 Å². The Morgan fingerprint density at radius 1 is 1.30 bits per heavy atom. The summed E-state index contributed by atoms with van der Waals surface area (Å²) in [5.41, 5.74) is 4.70. The predicted octanol–water partition coefficient (Wildman–Crippen LogP) is 1.55. The number of H-pyrrole nitrogens is 1. The first-order valence-corrected chi connectivity index (χ1v) is 11.2. The van der Waals surface area contributed by atoms with Crippen molar-refractivity contribution in [2.45, 2.75) is 31.3 Å². The Labute approximate surface area is 178 Å². The topological polar surface area (TPSA) is 95.9 Å². The van der Waals surface area contributed by atoms with Gasteiger partial charge < -0.3 is 5.32 Å². The van der Waals surface area contributed by atoms with Crippen molar-refractivity contribution in [2.24, 2.45) is 5.92 Å². The van der Waals surface area contributed by atoms with Crippen molar-refractivity contribution in [1.82, 2.24) is 30.0 Å². The SMILES string of the molecule is O=C(NCCc1cscn1)[C@H]1[C@H]2C[C@H](CN(Cc3ccn[nH]3)C2)c2cccc(=O)n21. The number of nitrogens with one attached hydrogen (secondary N) is 2. The van der Waals surface area contributed by atoms with E-state index in [-0.39, 0.29) is 23.3 Å². The third-order valence-corrected chi connectivity index (χ3v) is 6.74. The highest BCUT2D eigenvalue weighted by Crippen LogP contribution is 2.41. The highest BCUT2D eigenvalue weighted by atomic mass is 32.1. The van der Waals surface area contributed by atoms with Crippen LogP contribution in [0.3, 0.4) is 0 Å². The monoisotopic (exact) mass is 424 g/mol. The Kier molecular flexibility index (Phi) is 5.22. The lowest BCUT2D eigenvalue weighted by molar-refractivity contribution is -0.127. The average molecular weight is 425 g/mol. The predicted molar refractivity (Wildman–Crippen MR) is 113 cm³/mol. The highest BCUT2D eigenvalue weighted by molar-refractivity contribution is 7.07. The first kappa shape index (κ1) is 19.2. The molecule has 156 valence electrons. The van der Waals surface area contributed by atoms with E-state index in [9.17, 15) is 9.59 Å². The third kappa shape index (κ3) is 3.70. The zero-order valence-corrected chi connectivity index (χ0v) is 17.3. The van der Waals surface area contributed by atoms with Crippen LogP contribution in [0.15, 0.2) is 46.1 Å². The Morgan fingerprint density at radius 2 is 2.23 bits per heavy atom. The molecule has 1 saturated heterocycles. The number of thiazole rings is 1. The van der Waals surface area contributed by atoms with Crippen LogP contribution in [0.5, 0.6) is 0 Å². The number of aromatic nitrogens is 4. The van der Waals surface area contributed by atoms with E-state index in [1.165, 1.54) is 0 Å². The summed E-state index contributed by atoms with van der Waals surface area (Å²) in [6.07, 6.45) is 3.37. The highest BCUT2D eigenvalue weighted by Gasteiger charge is 2.43. The lowest BCUT2D eigenvalue weighted by Crippen LogP contribution is -2.53. The second-order valence-corrected chi connectivity index (χ2v) is 8.81. The third-order valence-electron chi connectivity index (χ3n) is 6.11. The fourth-order valence-corrected chi connectivity index (χ4v) is 5.48. The number of rotatable bonds is 6. The fraction of sp³-hybridized carbons (Fsp3) is 0.429. The molecule has 0 unspecified atom stereocenters. The molecular weight excluding hydrogens is 400 g/mol. The zero-order valence-electron chi connectivity index (χ0n) is 16.5. The molecule has 0 aromatic carbocycles. The standard InChI is InChI=1S/C21H24N6O2S/c28-19-3-1-2-18-14-8-15(10-26(9-14)11-16-5-7-24-25-16)20(27(18)19)21(29)22-6-4-17-12-30-13-23-17/h1-3,5,7,12-15,20H,4,6,8-11H2,(H,22,29)(H,24,25)/t14-,15+,20-/m1/s1. The minimum atomic E-state index is -0.482. The maximum atomic E-state index is 13.2. The van der Waals surface area contributed by atoms with E-state index in [2.05, 4.69) is 25.4 Å². The fourth-order valence-electron chi connectivity index (χ4n) is 4.89. The van der Waals surface area contributed by atoms with Crippen LogP contribution in [0.2, 0.25) is 0 Å². The van der Waals surface area contributed by atoms with Gasteiger partial charge in [0.2, 0.25) is 5.91 Å². The summed E-state index contributed by atoms with van der Waals surface area (Å²) in [6.45, 7) is 2.93. The summed E-state index contributed by atoms with van der Waals surface area (Å²) < 4.78 is 1.74. The summed E-state index contributed by atoms with van der Waals surface area (Å²) in [4.78, 5) is 32.6. The van der Waals surface area contributed by atoms with Gasteiger partial charge >= 0.3 is 0 Å². The summed E-state index contributed by atoms with van der Waals surface area (Å²) >= 11 is 1.55. The minimum Gasteiger partial charge on any atom is -0.354 e. The smallest absolute Gasteiger partial charge is 0.251 e. The molecule has 0 radical (unpaired) electrons.